The van der Waals surface area contributed by atoms with Crippen LogP contribution in [0.15, 0.2) is 41.8 Å². The van der Waals surface area contributed by atoms with Crippen molar-refractivity contribution >= 4 is 29.7 Å². The second-order valence-electron chi connectivity index (χ2n) is 5.28. The molecule has 3 amide bonds. The highest BCUT2D eigenvalue weighted by atomic mass is 32.2. The molecule has 0 saturated carbocycles. The standard InChI is InChI=1S/C17H21N5O4S/c1-3-21(10-14(23)19-17(25)26-4-2)15(24)11-27-16-20-18-12-22(16)13-8-6-5-7-9-13/h5-9,12H,3-4,10-11H2,1-2H3,(H,19,23,25). The van der Waals surface area contributed by atoms with Crippen LogP contribution < -0.4 is 5.32 Å². The van der Waals surface area contributed by atoms with E-state index in [-0.39, 0.29) is 24.8 Å². The average molecular weight is 391 g/mol. The summed E-state index contributed by atoms with van der Waals surface area (Å²) in [6, 6.07) is 9.52. The lowest BCUT2D eigenvalue weighted by Crippen LogP contribution is -2.43. The van der Waals surface area contributed by atoms with Gasteiger partial charge >= 0.3 is 6.09 Å². The number of imide groups is 1. The Labute approximate surface area is 161 Å². The molecule has 0 fully saturated rings. The normalized spacial score (nSPS) is 10.3. The number of hydrogen-bond acceptors (Lipinski definition) is 7. The van der Waals surface area contributed by atoms with Crippen LogP contribution in [0.4, 0.5) is 4.79 Å². The van der Waals surface area contributed by atoms with E-state index in [1.54, 1.807) is 24.7 Å². The van der Waals surface area contributed by atoms with Crippen molar-refractivity contribution in [3.63, 3.8) is 0 Å². The quantitative estimate of drug-likeness (QED) is 0.679. The summed E-state index contributed by atoms with van der Waals surface area (Å²) >= 11 is 1.22. The van der Waals surface area contributed by atoms with Gasteiger partial charge in [0.2, 0.25) is 11.8 Å². The highest BCUT2D eigenvalue weighted by Gasteiger charge is 2.19. The van der Waals surface area contributed by atoms with Crippen molar-refractivity contribution in [3.05, 3.63) is 36.7 Å². The summed E-state index contributed by atoms with van der Waals surface area (Å²) in [6.45, 7) is 3.67. The van der Waals surface area contributed by atoms with Crippen LogP contribution in [0.5, 0.6) is 0 Å². The summed E-state index contributed by atoms with van der Waals surface area (Å²) in [5.41, 5.74) is 0.888. The Morgan fingerprint density at radius 2 is 1.96 bits per heavy atom. The van der Waals surface area contributed by atoms with Crippen molar-refractivity contribution in [3.8, 4) is 5.69 Å². The molecule has 0 aliphatic rings. The van der Waals surface area contributed by atoms with E-state index < -0.39 is 12.0 Å². The van der Waals surface area contributed by atoms with Gasteiger partial charge in [0, 0.05) is 12.2 Å². The molecule has 0 spiro atoms. The lowest BCUT2D eigenvalue weighted by molar-refractivity contribution is -0.133. The predicted molar refractivity (Wildman–Crippen MR) is 99.5 cm³/mol. The van der Waals surface area contributed by atoms with E-state index in [1.165, 1.54) is 16.7 Å². The number of nitrogens with one attached hydrogen (secondary N) is 1. The second kappa shape index (κ2) is 10.3. The van der Waals surface area contributed by atoms with E-state index in [0.717, 1.165) is 5.69 Å². The van der Waals surface area contributed by atoms with Gasteiger partial charge in [-0.25, -0.2) is 4.79 Å². The summed E-state index contributed by atoms with van der Waals surface area (Å²) in [4.78, 5) is 36.9. The van der Waals surface area contributed by atoms with Crippen molar-refractivity contribution in [1.82, 2.24) is 25.0 Å². The number of thioether (sulfide) groups is 1. The van der Waals surface area contributed by atoms with Crippen LogP contribution >= 0.6 is 11.8 Å². The molecule has 0 saturated heterocycles. The molecular weight excluding hydrogens is 370 g/mol. The van der Waals surface area contributed by atoms with Crippen LogP contribution in [0.2, 0.25) is 0 Å². The third-order valence-electron chi connectivity index (χ3n) is 3.46. The number of para-hydroxylation sites is 1. The van der Waals surface area contributed by atoms with E-state index in [0.29, 0.717) is 11.7 Å². The number of aromatic nitrogens is 3. The van der Waals surface area contributed by atoms with Crippen LogP contribution in [0, 0.1) is 0 Å². The molecule has 0 bridgehead atoms. The van der Waals surface area contributed by atoms with Gasteiger partial charge in [-0.05, 0) is 26.0 Å². The van der Waals surface area contributed by atoms with Gasteiger partial charge in [0.25, 0.3) is 0 Å². The molecule has 27 heavy (non-hydrogen) atoms. The highest BCUT2D eigenvalue weighted by Crippen LogP contribution is 2.19. The van der Waals surface area contributed by atoms with E-state index in [2.05, 4.69) is 20.3 Å². The number of carbonyl (C=O) groups is 3. The number of carbonyl (C=O) groups excluding carboxylic acids is 3. The van der Waals surface area contributed by atoms with Gasteiger partial charge in [0.05, 0.1) is 12.4 Å². The van der Waals surface area contributed by atoms with E-state index in [4.69, 9.17) is 0 Å². The molecule has 144 valence electrons. The molecule has 9 nitrogen and oxygen atoms in total. The number of amides is 3. The summed E-state index contributed by atoms with van der Waals surface area (Å²) in [5.74, 6) is -0.753. The van der Waals surface area contributed by atoms with Gasteiger partial charge in [0.1, 0.15) is 12.9 Å². The average Bonchev–Trinajstić information content (AvgIpc) is 3.13. The number of ether oxygens (including phenoxy) is 1. The summed E-state index contributed by atoms with van der Waals surface area (Å²) in [5, 5.41) is 10.6. The lowest BCUT2D eigenvalue weighted by atomic mass is 10.3. The predicted octanol–water partition coefficient (Wildman–Crippen LogP) is 1.48. The van der Waals surface area contributed by atoms with Crippen molar-refractivity contribution in [2.75, 3.05) is 25.4 Å². The fourth-order valence-electron chi connectivity index (χ4n) is 2.18. The van der Waals surface area contributed by atoms with Crippen molar-refractivity contribution in [1.29, 1.82) is 0 Å². The molecule has 1 heterocycles. The molecule has 0 radical (unpaired) electrons. The van der Waals surface area contributed by atoms with Crippen molar-refractivity contribution in [2.45, 2.75) is 19.0 Å². The number of likely N-dealkylation sites (N-methyl/N-ethyl adjacent to an activating group) is 1. The zero-order chi connectivity index (χ0) is 19.6. The molecule has 10 heteroatoms. The first-order valence-electron chi connectivity index (χ1n) is 8.37. The molecule has 2 aromatic rings. The second-order valence-corrected chi connectivity index (χ2v) is 6.23. The van der Waals surface area contributed by atoms with Gasteiger partial charge in [-0.1, -0.05) is 30.0 Å². The zero-order valence-corrected chi connectivity index (χ0v) is 15.9. The van der Waals surface area contributed by atoms with Crippen molar-refractivity contribution in [2.24, 2.45) is 0 Å². The number of benzene rings is 1. The Bertz CT molecular complexity index is 781. The van der Waals surface area contributed by atoms with Gasteiger partial charge < -0.3 is 9.64 Å². The van der Waals surface area contributed by atoms with Crippen molar-refractivity contribution < 1.29 is 19.1 Å². The van der Waals surface area contributed by atoms with Crippen LogP contribution in [0.3, 0.4) is 0 Å². The Morgan fingerprint density at radius 3 is 2.63 bits per heavy atom. The molecule has 0 unspecified atom stereocenters. The largest absolute Gasteiger partial charge is 0.450 e. The summed E-state index contributed by atoms with van der Waals surface area (Å²) < 4.78 is 6.42. The molecular formula is C17H21N5O4S. The zero-order valence-electron chi connectivity index (χ0n) is 15.1. The van der Waals surface area contributed by atoms with Crippen LogP contribution in [-0.2, 0) is 14.3 Å². The SMILES string of the molecule is CCOC(=O)NC(=O)CN(CC)C(=O)CSc1nncn1-c1ccccc1. The summed E-state index contributed by atoms with van der Waals surface area (Å²) in [7, 11) is 0. The first kappa shape index (κ1) is 20.4. The van der Waals surface area contributed by atoms with E-state index in [1.807, 2.05) is 30.3 Å². The Kier molecular flexibility index (Phi) is 7.80. The molecule has 0 aliphatic heterocycles. The van der Waals surface area contributed by atoms with Crippen LogP contribution in [-0.4, -0.2) is 63.0 Å². The van der Waals surface area contributed by atoms with E-state index >= 15 is 0 Å². The summed E-state index contributed by atoms with van der Waals surface area (Å²) in [6.07, 6.45) is 0.753. The maximum absolute atomic E-state index is 12.4. The molecule has 2 rings (SSSR count). The van der Waals surface area contributed by atoms with Crippen LogP contribution in [0.1, 0.15) is 13.8 Å². The maximum atomic E-state index is 12.4. The number of alkyl carbamates (subject to hydrolysis) is 1. The Hall–Kier alpha value is -2.88. The fraction of sp³-hybridized carbons (Fsp3) is 0.353. The topological polar surface area (TPSA) is 106 Å². The number of rotatable bonds is 8. The third kappa shape index (κ3) is 6.10. The first-order chi connectivity index (χ1) is 13.0. The van der Waals surface area contributed by atoms with E-state index in [9.17, 15) is 14.4 Å². The van der Waals surface area contributed by atoms with Gasteiger partial charge in [0.15, 0.2) is 5.16 Å². The molecule has 1 aromatic carbocycles. The fourth-order valence-corrected chi connectivity index (χ4v) is 3.01. The minimum atomic E-state index is -0.823. The molecule has 1 N–H and O–H groups in total. The molecule has 1 aromatic heterocycles. The monoisotopic (exact) mass is 391 g/mol. The number of nitrogens with zero attached hydrogens (tertiary/aromatic N) is 4. The minimum absolute atomic E-state index is 0.0893. The third-order valence-corrected chi connectivity index (χ3v) is 4.39. The number of hydrogen-bond donors (Lipinski definition) is 1. The van der Waals surface area contributed by atoms with Gasteiger partial charge in [-0.2, -0.15) is 0 Å². The van der Waals surface area contributed by atoms with Gasteiger partial charge in [-0.3, -0.25) is 19.5 Å². The first-order valence-corrected chi connectivity index (χ1v) is 9.36. The minimum Gasteiger partial charge on any atom is -0.450 e. The van der Waals surface area contributed by atoms with Crippen LogP contribution in [0.25, 0.3) is 5.69 Å². The lowest BCUT2D eigenvalue weighted by Gasteiger charge is -2.19. The molecule has 0 aliphatic carbocycles. The Balaban J connectivity index is 1.91. The maximum Gasteiger partial charge on any atom is 0.413 e. The van der Waals surface area contributed by atoms with Gasteiger partial charge in [-0.15, -0.1) is 10.2 Å². The highest BCUT2D eigenvalue weighted by molar-refractivity contribution is 7.99. The molecule has 0 atom stereocenters. The smallest absolute Gasteiger partial charge is 0.413 e. The Morgan fingerprint density at radius 1 is 1.22 bits per heavy atom.